The fourth-order valence-electron chi connectivity index (χ4n) is 4.96. The second kappa shape index (κ2) is 5.11. The molecule has 4 bridgehead atoms. The third-order valence-corrected chi connectivity index (χ3v) is 6.08. The van der Waals surface area contributed by atoms with Gasteiger partial charge in [-0.2, -0.15) is 0 Å². The van der Waals surface area contributed by atoms with Crippen molar-refractivity contribution in [3.05, 3.63) is 0 Å². The Kier molecular flexibility index (Phi) is 3.74. The van der Waals surface area contributed by atoms with Crippen molar-refractivity contribution in [3.8, 4) is 0 Å². The van der Waals surface area contributed by atoms with Crippen LogP contribution in [0, 0.1) is 17.3 Å². The number of ether oxygens (including phenoxy) is 1. The molecule has 124 valence electrons. The van der Waals surface area contributed by atoms with E-state index in [2.05, 4.69) is 26.8 Å². The van der Waals surface area contributed by atoms with Gasteiger partial charge in [0.1, 0.15) is 5.60 Å². The van der Waals surface area contributed by atoms with Crippen molar-refractivity contribution in [2.45, 2.75) is 69.2 Å². The summed E-state index contributed by atoms with van der Waals surface area (Å²) in [6.07, 6.45) is 5.75. The number of hydrogen-bond donors (Lipinski definition) is 2. The number of nitrogens with one attached hydrogen (secondary N) is 2. The zero-order valence-corrected chi connectivity index (χ0v) is 15.1. The molecule has 6 heteroatoms. The van der Waals surface area contributed by atoms with Crippen LogP contribution in [0.5, 0.6) is 0 Å². The average molecular weight is 373 g/mol. The van der Waals surface area contributed by atoms with Crippen molar-refractivity contribution >= 4 is 27.9 Å². The molecule has 0 spiro atoms. The van der Waals surface area contributed by atoms with Gasteiger partial charge in [-0.1, -0.05) is 15.9 Å². The van der Waals surface area contributed by atoms with E-state index < -0.39 is 11.7 Å². The van der Waals surface area contributed by atoms with Crippen molar-refractivity contribution < 1.29 is 14.3 Å². The summed E-state index contributed by atoms with van der Waals surface area (Å²) in [6, 6.07) is 0. The Balaban J connectivity index is 1.62. The van der Waals surface area contributed by atoms with Gasteiger partial charge in [0.15, 0.2) is 0 Å². The van der Waals surface area contributed by atoms with Gasteiger partial charge in [0, 0.05) is 4.32 Å². The second-order valence-corrected chi connectivity index (χ2v) is 10.2. The fourth-order valence-corrected chi connectivity index (χ4v) is 6.41. The molecule has 0 radical (unpaired) electrons. The zero-order valence-electron chi connectivity index (χ0n) is 13.5. The molecule has 4 aliphatic carbocycles. The third kappa shape index (κ3) is 3.12. The van der Waals surface area contributed by atoms with Gasteiger partial charge < -0.3 is 4.74 Å². The SMILES string of the molecule is CC(C)(C)OC(=O)NNC(=O)C12C[C@H]3C[C@@H](CC(Br)(C3)C1)C2. The quantitative estimate of drug-likeness (QED) is 0.548. The Hall–Kier alpha value is -0.780. The van der Waals surface area contributed by atoms with Crippen molar-refractivity contribution in [1.82, 2.24) is 10.9 Å². The van der Waals surface area contributed by atoms with Gasteiger partial charge in [-0.15, -0.1) is 0 Å². The molecule has 4 aliphatic rings. The van der Waals surface area contributed by atoms with Crippen LogP contribution in [0.15, 0.2) is 0 Å². The molecular formula is C16H25BrN2O3. The molecule has 2 amide bonds. The number of amides is 2. The van der Waals surface area contributed by atoms with Crippen LogP contribution in [-0.2, 0) is 9.53 Å². The van der Waals surface area contributed by atoms with Crippen molar-refractivity contribution in [3.63, 3.8) is 0 Å². The first-order valence-electron chi connectivity index (χ1n) is 8.08. The molecule has 0 aromatic rings. The largest absolute Gasteiger partial charge is 0.443 e. The first kappa shape index (κ1) is 16.1. The second-order valence-electron chi connectivity index (χ2n) is 8.47. The Morgan fingerprint density at radius 3 is 2.18 bits per heavy atom. The van der Waals surface area contributed by atoms with Gasteiger partial charge in [-0.3, -0.25) is 10.2 Å². The summed E-state index contributed by atoms with van der Waals surface area (Å²) in [7, 11) is 0. The highest BCUT2D eigenvalue weighted by atomic mass is 79.9. The lowest BCUT2D eigenvalue weighted by molar-refractivity contribution is -0.145. The van der Waals surface area contributed by atoms with Crippen LogP contribution < -0.4 is 10.9 Å². The van der Waals surface area contributed by atoms with Crippen LogP contribution in [0.2, 0.25) is 0 Å². The zero-order chi connectivity index (χ0) is 16.2. The minimum Gasteiger partial charge on any atom is -0.443 e. The monoisotopic (exact) mass is 372 g/mol. The topological polar surface area (TPSA) is 67.4 Å². The molecule has 5 nitrogen and oxygen atoms in total. The number of hydrogen-bond acceptors (Lipinski definition) is 3. The minimum absolute atomic E-state index is 0.0590. The van der Waals surface area contributed by atoms with Crippen LogP contribution >= 0.6 is 15.9 Å². The predicted molar refractivity (Wildman–Crippen MR) is 86.3 cm³/mol. The van der Waals surface area contributed by atoms with Crippen molar-refractivity contribution in [2.24, 2.45) is 17.3 Å². The summed E-state index contributed by atoms with van der Waals surface area (Å²) in [5.74, 6) is 1.21. The van der Waals surface area contributed by atoms with Crippen LogP contribution in [0.3, 0.4) is 0 Å². The molecule has 0 saturated heterocycles. The molecule has 4 fully saturated rings. The van der Waals surface area contributed by atoms with E-state index in [1.165, 1.54) is 19.3 Å². The van der Waals surface area contributed by atoms with Gasteiger partial charge in [0.2, 0.25) is 5.91 Å². The average Bonchev–Trinajstić information content (AvgIpc) is 2.30. The van der Waals surface area contributed by atoms with Gasteiger partial charge in [-0.25, -0.2) is 10.2 Å². The van der Waals surface area contributed by atoms with Crippen LogP contribution in [0.25, 0.3) is 0 Å². The molecule has 0 aromatic carbocycles. The minimum atomic E-state index is -0.612. The molecule has 22 heavy (non-hydrogen) atoms. The molecule has 0 aromatic heterocycles. The maximum absolute atomic E-state index is 12.7. The number of carbonyl (C=O) groups excluding carboxylic acids is 2. The summed E-state index contributed by atoms with van der Waals surface area (Å²) in [5, 5.41) is 0. The highest BCUT2D eigenvalue weighted by Gasteiger charge is 2.59. The summed E-state index contributed by atoms with van der Waals surface area (Å²) in [4.78, 5) is 24.4. The predicted octanol–water partition coefficient (Wildman–Crippen LogP) is 3.28. The highest BCUT2D eigenvalue weighted by molar-refractivity contribution is 9.10. The van der Waals surface area contributed by atoms with E-state index in [1.54, 1.807) is 20.8 Å². The van der Waals surface area contributed by atoms with Gasteiger partial charge in [0.05, 0.1) is 5.41 Å². The lowest BCUT2D eigenvalue weighted by atomic mass is 9.49. The maximum Gasteiger partial charge on any atom is 0.426 e. The third-order valence-electron chi connectivity index (χ3n) is 5.15. The smallest absolute Gasteiger partial charge is 0.426 e. The van der Waals surface area contributed by atoms with Crippen molar-refractivity contribution in [2.75, 3.05) is 0 Å². The number of halogens is 1. The van der Waals surface area contributed by atoms with E-state index in [0.29, 0.717) is 11.8 Å². The number of carbonyl (C=O) groups is 2. The molecule has 4 saturated carbocycles. The number of hydrazine groups is 1. The Morgan fingerprint density at radius 1 is 1.09 bits per heavy atom. The van der Waals surface area contributed by atoms with E-state index in [1.807, 2.05) is 0 Å². The standard InChI is InChI=1S/C16H25BrN2O3/c1-14(2,3)22-13(21)19-18-12(20)15-5-10-4-11(6-15)8-16(17,7-10)9-15/h10-11H,4-9H2,1-3H3,(H,18,20)(H,19,21)/t10-,11-,15?,16?/m1/s1. The lowest BCUT2D eigenvalue weighted by Crippen LogP contribution is -2.60. The van der Waals surface area contributed by atoms with E-state index in [0.717, 1.165) is 19.3 Å². The maximum atomic E-state index is 12.7. The van der Waals surface area contributed by atoms with E-state index in [9.17, 15) is 9.59 Å². The Bertz CT molecular complexity index is 486. The first-order chi connectivity index (χ1) is 10.1. The summed E-state index contributed by atoms with van der Waals surface area (Å²) in [6.45, 7) is 5.38. The normalized spacial score (nSPS) is 39.5. The van der Waals surface area contributed by atoms with Gasteiger partial charge in [-0.05, 0) is 71.1 Å². The van der Waals surface area contributed by atoms with E-state index in [4.69, 9.17) is 4.74 Å². The molecule has 2 N–H and O–H groups in total. The highest BCUT2D eigenvalue weighted by Crippen LogP contribution is 2.64. The van der Waals surface area contributed by atoms with Crippen LogP contribution in [0.1, 0.15) is 59.3 Å². The van der Waals surface area contributed by atoms with Crippen LogP contribution in [0.4, 0.5) is 4.79 Å². The first-order valence-corrected chi connectivity index (χ1v) is 8.87. The molecular weight excluding hydrogens is 348 g/mol. The summed E-state index contributed by atoms with van der Waals surface area (Å²) >= 11 is 3.89. The van der Waals surface area contributed by atoms with Gasteiger partial charge in [0.25, 0.3) is 0 Å². The summed E-state index contributed by atoms with van der Waals surface area (Å²) < 4.78 is 5.28. The van der Waals surface area contributed by atoms with Gasteiger partial charge >= 0.3 is 6.09 Å². The van der Waals surface area contributed by atoms with E-state index >= 15 is 0 Å². The molecule has 4 rings (SSSR count). The van der Waals surface area contributed by atoms with Crippen LogP contribution in [-0.4, -0.2) is 21.9 Å². The van der Waals surface area contributed by atoms with Crippen molar-refractivity contribution in [1.29, 1.82) is 0 Å². The molecule has 0 heterocycles. The van der Waals surface area contributed by atoms with E-state index in [-0.39, 0.29) is 15.6 Å². The number of rotatable bonds is 1. The Morgan fingerprint density at radius 2 is 1.68 bits per heavy atom. The Labute approximate surface area is 140 Å². The fraction of sp³-hybridized carbons (Fsp3) is 0.875. The molecule has 2 atom stereocenters. The molecule has 0 unspecified atom stereocenters. The lowest BCUT2D eigenvalue weighted by Gasteiger charge is -2.59. The number of alkyl halides is 1. The molecule has 0 aliphatic heterocycles. The summed E-state index contributed by atoms with van der Waals surface area (Å²) in [5.41, 5.74) is 4.09.